The number of halogens is 1. The van der Waals surface area contributed by atoms with Gasteiger partial charge in [-0.3, -0.25) is 0 Å². The Hall–Kier alpha value is -1.83. The first-order valence-corrected chi connectivity index (χ1v) is 7.35. The predicted octanol–water partition coefficient (Wildman–Crippen LogP) is 3.58. The molecule has 0 aliphatic carbocycles. The van der Waals surface area contributed by atoms with E-state index in [0.29, 0.717) is 17.7 Å². The molecule has 0 unspecified atom stereocenters. The van der Waals surface area contributed by atoms with Crippen LogP contribution in [0.1, 0.15) is 11.1 Å². The van der Waals surface area contributed by atoms with Crippen LogP contribution in [0.15, 0.2) is 53.4 Å². The number of nitriles is 1. The highest BCUT2D eigenvalue weighted by atomic mass is 32.2. The van der Waals surface area contributed by atoms with Crippen LogP contribution >= 0.6 is 11.8 Å². The summed E-state index contributed by atoms with van der Waals surface area (Å²) in [5.74, 6) is 0.649. The molecule has 0 aromatic heterocycles. The van der Waals surface area contributed by atoms with Crippen LogP contribution in [0.25, 0.3) is 0 Å². The summed E-state index contributed by atoms with van der Waals surface area (Å²) in [6.07, 6.45) is 0. The van der Waals surface area contributed by atoms with Crippen LogP contribution in [0.4, 0.5) is 4.39 Å². The van der Waals surface area contributed by atoms with E-state index in [0.717, 1.165) is 12.3 Å². The van der Waals surface area contributed by atoms with E-state index >= 15 is 0 Å². The standard InChI is InChI=1S/C16H15FN2S/c17-16-7-6-13(11-18)10-14(16)12-19-8-9-20-15-4-2-1-3-5-15/h1-7,10,19H,8-9,12H2. The third kappa shape index (κ3) is 4.37. The minimum absolute atomic E-state index is 0.271. The van der Waals surface area contributed by atoms with Gasteiger partial charge in [-0.05, 0) is 30.3 Å². The van der Waals surface area contributed by atoms with Crippen LogP contribution in [0.3, 0.4) is 0 Å². The number of hydrogen-bond donors (Lipinski definition) is 1. The molecule has 2 aromatic rings. The van der Waals surface area contributed by atoms with E-state index in [2.05, 4.69) is 17.4 Å². The van der Waals surface area contributed by atoms with Crippen molar-refractivity contribution < 1.29 is 4.39 Å². The predicted molar refractivity (Wildman–Crippen MR) is 80.0 cm³/mol. The van der Waals surface area contributed by atoms with Crippen LogP contribution in [0, 0.1) is 17.1 Å². The molecule has 0 aliphatic rings. The van der Waals surface area contributed by atoms with Crippen molar-refractivity contribution in [3.63, 3.8) is 0 Å². The summed E-state index contributed by atoms with van der Waals surface area (Å²) in [6.45, 7) is 1.23. The van der Waals surface area contributed by atoms with Crippen molar-refractivity contribution in [2.45, 2.75) is 11.4 Å². The molecule has 0 heterocycles. The van der Waals surface area contributed by atoms with Crippen LogP contribution < -0.4 is 5.32 Å². The van der Waals surface area contributed by atoms with Crippen molar-refractivity contribution in [2.75, 3.05) is 12.3 Å². The number of nitrogens with one attached hydrogen (secondary N) is 1. The largest absolute Gasteiger partial charge is 0.312 e. The van der Waals surface area contributed by atoms with E-state index in [4.69, 9.17) is 5.26 Å². The quantitative estimate of drug-likeness (QED) is 0.651. The fourth-order valence-corrected chi connectivity index (χ4v) is 2.59. The maximum Gasteiger partial charge on any atom is 0.127 e. The molecule has 0 aliphatic heterocycles. The van der Waals surface area contributed by atoms with E-state index in [9.17, 15) is 4.39 Å². The number of rotatable bonds is 6. The van der Waals surface area contributed by atoms with Gasteiger partial charge in [-0.15, -0.1) is 11.8 Å². The molecule has 0 spiro atoms. The average molecular weight is 286 g/mol. The molecule has 0 amide bonds. The van der Waals surface area contributed by atoms with E-state index in [1.165, 1.54) is 17.0 Å². The van der Waals surface area contributed by atoms with E-state index in [1.807, 2.05) is 24.3 Å². The van der Waals surface area contributed by atoms with Crippen molar-refractivity contribution >= 4 is 11.8 Å². The van der Waals surface area contributed by atoms with Gasteiger partial charge >= 0.3 is 0 Å². The fourth-order valence-electron chi connectivity index (χ4n) is 1.76. The van der Waals surface area contributed by atoms with Crippen molar-refractivity contribution in [3.05, 3.63) is 65.5 Å². The molecule has 1 N–H and O–H groups in total. The van der Waals surface area contributed by atoms with Gasteiger partial charge in [-0.2, -0.15) is 5.26 Å². The molecule has 2 nitrogen and oxygen atoms in total. The number of benzene rings is 2. The van der Waals surface area contributed by atoms with Crippen LogP contribution in [-0.4, -0.2) is 12.3 Å². The highest BCUT2D eigenvalue weighted by molar-refractivity contribution is 7.99. The van der Waals surface area contributed by atoms with E-state index in [-0.39, 0.29) is 5.82 Å². The Morgan fingerprint density at radius 1 is 1.15 bits per heavy atom. The molecule has 102 valence electrons. The highest BCUT2D eigenvalue weighted by Gasteiger charge is 2.03. The van der Waals surface area contributed by atoms with Gasteiger partial charge in [0, 0.05) is 29.3 Å². The molecule has 4 heteroatoms. The monoisotopic (exact) mass is 286 g/mol. The molecule has 2 rings (SSSR count). The summed E-state index contributed by atoms with van der Waals surface area (Å²) in [5.41, 5.74) is 1.02. The summed E-state index contributed by atoms with van der Waals surface area (Å²) >= 11 is 1.76. The molecular formula is C16H15FN2S. The van der Waals surface area contributed by atoms with Gasteiger partial charge < -0.3 is 5.32 Å². The highest BCUT2D eigenvalue weighted by Crippen LogP contribution is 2.16. The Kier molecular flexibility index (Phi) is 5.60. The molecular weight excluding hydrogens is 271 g/mol. The third-order valence-electron chi connectivity index (χ3n) is 2.78. The Balaban J connectivity index is 1.75. The first kappa shape index (κ1) is 14.6. The van der Waals surface area contributed by atoms with Crippen LogP contribution in [-0.2, 0) is 6.54 Å². The molecule has 0 bridgehead atoms. The molecule has 2 aromatic carbocycles. The first-order chi connectivity index (χ1) is 9.79. The lowest BCUT2D eigenvalue weighted by Gasteiger charge is -2.06. The van der Waals surface area contributed by atoms with Gasteiger partial charge in [0.1, 0.15) is 5.82 Å². The second-order valence-electron chi connectivity index (χ2n) is 4.26. The van der Waals surface area contributed by atoms with Gasteiger partial charge in [-0.25, -0.2) is 4.39 Å². The van der Waals surface area contributed by atoms with Gasteiger partial charge in [0.05, 0.1) is 11.6 Å². The molecule has 0 atom stereocenters. The minimum atomic E-state index is -0.271. The Morgan fingerprint density at radius 3 is 2.70 bits per heavy atom. The molecule has 0 saturated carbocycles. The Labute approximate surface area is 122 Å². The van der Waals surface area contributed by atoms with E-state index in [1.54, 1.807) is 17.8 Å². The maximum absolute atomic E-state index is 13.5. The topological polar surface area (TPSA) is 35.8 Å². The lowest BCUT2D eigenvalue weighted by Crippen LogP contribution is -2.17. The smallest absolute Gasteiger partial charge is 0.127 e. The fraction of sp³-hybridized carbons (Fsp3) is 0.188. The molecule has 20 heavy (non-hydrogen) atoms. The molecule has 0 fully saturated rings. The van der Waals surface area contributed by atoms with Gasteiger partial charge in [0.15, 0.2) is 0 Å². The van der Waals surface area contributed by atoms with Crippen molar-refractivity contribution in [3.8, 4) is 6.07 Å². The minimum Gasteiger partial charge on any atom is -0.312 e. The second-order valence-corrected chi connectivity index (χ2v) is 5.42. The number of hydrogen-bond acceptors (Lipinski definition) is 3. The first-order valence-electron chi connectivity index (χ1n) is 6.36. The number of nitrogens with zero attached hydrogens (tertiary/aromatic N) is 1. The average Bonchev–Trinajstić information content (AvgIpc) is 2.50. The number of thioether (sulfide) groups is 1. The zero-order valence-electron chi connectivity index (χ0n) is 11.0. The van der Waals surface area contributed by atoms with Gasteiger partial charge in [-0.1, -0.05) is 18.2 Å². The lowest BCUT2D eigenvalue weighted by atomic mass is 10.1. The molecule has 0 saturated heterocycles. The summed E-state index contributed by atoms with van der Waals surface area (Å²) in [7, 11) is 0. The van der Waals surface area contributed by atoms with Gasteiger partial charge in [0.2, 0.25) is 0 Å². The Bertz CT molecular complexity index is 593. The van der Waals surface area contributed by atoms with Crippen LogP contribution in [0.2, 0.25) is 0 Å². The molecule has 0 radical (unpaired) electrons. The maximum atomic E-state index is 13.5. The van der Waals surface area contributed by atoms with Crippen molar-refractivity contribution in [2.24, 2.45) is 0 Å². The second kappa shape index (κ2) is 7.68. The van der Waals surface area contributed by atoms with Gasteiger partial charge in [0.25, 0.3) is 0 Å². The summed E-state index contributed by atoms with van der Waals surface area (Å²) < 4.78 is 13.5. The Morgan fingerprint density at radius 2 is 1.95 bits per heavy atom. The summed E-state index contributed by atoms with van der Waals surface area (Å²) in [5, 5.41) is 12.0. The van der Waals surface area contributed by atoms with E-state index < -0.39 is 0 Å². The zero-order chi connectivity index (χ0) is 14.2. The lowest BCUT2D eigenvalue weighted by molar-refractivity contribution is 0.594. The van der Waals surface area contributed by atoms with Crippen molar-refractivity contribution in [1.29, 1.82) is 5.26 Å². The zero-order valence-corrected chi connectivity index (χ0v) is 11.8. The summed E-state index contributed by atoms with van der Waals surface area (Å²) in [6, 6.07) is 16.6. The third-order valence-corrected chi connectivity index (χ3v) is 3.79. The summed E-state index contributed by atoms with van der Waals surface area (Å²) in [4.78, 5) is 1.23. The van der Waals surface area contributed by atoms with Crippen molar-refractivity contribution in [1.82, 2.24) is 5.32 Å². The van der Waals surface area contributed by atoms with Crippen LogP contribution in [0.5, 0.6) is 0 Å². The SMILES string of the molecule is N#Cc1ccc(F)c(CNCCSc2ccccc2)c1. The normalized spacial score (nSPS) is 10.2.